The summed E-state index contributed by atoms with van der Waals surface area (Å²) in [5.74, 6) is 1.30. The van der Waals surface area contributed by atoms with Gasteiger partial charge in [-0.25, -0.2) is 0 Å². The lowest BCUT2D eigenvalue weighted by Gasteiger charge is -2.33. The molecule has 3 rings (SSSR count). The zero-order valence-electron chi connectivity index (χ0n) is 12.7. The van der Waals surface area contributed by atoms with E-state index in [4.69, 9.17) is 4.74 Å². The Labute approximate surface area is 126 Å². The summed E-state index contributed by atoms with van der Waals surface area (Å²) in [5, 5.41) is 11.0. The van der Waals surface area contributed by atoms with Crippen LogP contribution in [0.4, 0.5) is 0 Å². The average Bonchev–Trinajstić information content (AvgIpc) is 2.47. The minimum atomic E-state index is -0.819. The van der Waals surface area contributed by atoms with Crippen LogP contribution in [-0.4, -0.2) is 11.7 Å². The van der Waals surface area contributed by atoms with Crippen molar-refractivity contribution in [3.8, 4) is 5.75 Å². The van der Waals surface area contributed by atoms with Gasteiger partial charge in [-0.05, 0) is 55.4 Å². The summed E-state index contributed by atoms with van der Waals surface area (Å²) in [6.45, 7) is 4.71. The van der Waals surface area contributed by atoms with Gasteiger partial charge in [-0.2, -0.15) is 0 Å². The van der Waals surface area contributed by atoms with Gasteiger partial charge in [0, 0.05) is 0 Å². The van der Waals surface area contributed by atoms with E-state index in [0.717, 1.165) is 36.3 Å². The fraction of sp³-hybridized carbons (Fsp3) is 0.368. The molecule has 1 N–H and O–H groups in total. The van der Waals surface area contributed by atoms with Crippen LogP contribution in [0.25, 0.3) is 0 Å². The van der Waals surface area contributed by atoms with E-state index in [1.165, 1.54) is 5.56 Å². The van der Waals surface area contributed by atoms with Crippen molar-refractivity contribution in [3.05, 3.63) is 65.2 Å². The number of rotatable bonds is 3. The van der Waals surface area contributed by atoms with E-state index in [0.29, 0.717) is 5.92 Å². The first-order valence-electron chi connectivity index (χ1n) is 7.58. The Morgan fingerprint density at radius 3 is 2.67 bits per heavy atom. The summed E-state index contributed by atoms with van der Waals surface area (Å²) in [7, 11) is 0. The molecule has 0 spiro atoms. The fourth-order valence-corrected chi connectivity index (χ4v) is 3.39. The van der Waals surface area contributed by atoms with Crippen molar-refractivity contribution in [2.24, 2.45) is 0 Å². The zero-order chi connectivity index (χ0) is 14.9. The molecule has 0 aliphatic carbocycles. The van der Waals surface area contributed by atoms with E-state index >= 15 is 0 Å². The number of fused-ring (bicyclic) bond motifs is 1. The van der Waals surface area contributed by atoms with Crippen molar-refractivity contribution in [3.63, 3.8) is 0 Å². The molecule has 2 nitrogen and oxygen atoms in total. The maximum atomic E-state index is 11.0. The maximum absolute atomic E-state index is 11.0. The highest BCUT2D eigenvalue weighted by molar-refractivity contribution is 5.39. The van der Waals surface area contributed by atoms with Crippen LogP contribution in [0.1, 0.15) is 42.4 Å². The van der Waals surface area contributed by atoms with Crippen molar-refractivity contribution in [1.29, 1.82) is 0 Å². The molecule has 0 radical (unpaired) electrons. The highest BCUT2D eigenvalue weighted by Crippen LogP contribution is 2.41. The molecule has 0 bridgehead atoms. The molecule has 0 fully saturated rings. The van der Waals surface area contributed by atoms with Crippen molar-refractivity contribution in [2.45, 2.75) is 38.2 Å². The zero-order valence-corrected chi connectivity index (χ0v) is 12.7. The third-order valence-electron chi connectivity index (χ3n) is 4.45. The number of benzene rings is 2. The molecule has 110 valence electrons. The molecule has 2 heteroatoms. The lowest BCUT2D eigenvalue weighted by atomic mass is 9.79. The lowest BCUT2D eigenvalue weighted by Crippen LogP contribution is -2.27. The third kappa shape index (κ3) is 2.81. The van der Waals surface area contributed by atoms with Gasteiger partial charge in [-0.3, -0.25) is 0 Å². The Kier molecular flexibility index (Phi) is 3.73. The van der Waals surface area contributed by atoms with E-state index < -0.39 is 5.60 Å². The van der Waals surface area contributed by atoms with Crippen LogP contribution >= 0.6 is 0 Å². The molecule has 0 aromatic heterocycles. The van der Waals surface area contributed by atoms with Gasteiger partial charge >= 0.3 is 0 Å². The molecule has 0 amide bonds. The van der Waals surface area contributed by atoms with Crippen molar-refractivity contribution in [1.82, 2.24) is 0 Å². The SMILES string of the molecule is Cc1ccccc1C(C)(O)CC1CCOc2ccccc21. The van der Waals surface area contributed by atoms with Gasteiger partial charge in [-0.15, -0.1) is 0 Å². The Morgan fingerprint density at radius 2 is 1.86 bits per heavy atom. The van der Waals surface area contributed by atoms with E-state index in [-0.39, 0.29) is 0 Å². The standard InChI is InChI=1S/C19H22O2/c1-14-7-3-5-9-17(14)19(2,20)13-15-11-12-21-18-10-6-4-8-16(15)18/h3-10,15,20H,11-13H2,1-2H3. The first-order valence-corrected chi connectivity index (χ1v) is 7.58. The summed E-state index contributed by atoms with van der Waals surface area (Å²) in [6, 6.07) is 16.3. The van der Waals surface area contributed by atoms with Crippen LogP contribution in [0.3, 0.4) is 0 Å². The van der Waals surface area contributed by atoms with Crippen molar-refractivity contribution >= 4 is 0 Å². The molecule has 1 aliphatic heterocycles. The van der Waals surface area contributed by atoms with Crippen LogP contribution < -0.4 is 4.74 Å². The molecule has 0 saturated heterocycles. The summed E-state index contributed by atoms with van der Waals surface area (Å²) in [6.07, 6.45) is 1.68. The van der Waals surface area contributed by atoms with E-state index in [2.05, 4.69) is 19.1 Å². The summed E-state index contributed by atoms with van der Waals surface area (Å²) >= 11 is 0. The highest BCUT2D eigenvalue weighted by atomic mass is 16.5. The largest absolute Gasteiger partial charge is 0.493 e. The predicted molar refractivity (Wildman–Crippen MR) is 84.7 cm³/mol. The van der Waals surface area contributed by atoms with Crippen molar-refractivity contribution in [2.75, 3.05) is 6.61 Å². The van der Waals surface area contributed by atoms with E-state index in [1.807, 2.05) is 43.3 Å². The van der Waals surface area contributed by atoms with Crippen molar-refractivity contribution < 1.29 is 9.84 Å². The first-order chi connectivity index (χ1) is 10.1. The molecule has 2 atom stereocenters. The minimum Gasteiger partial charge on any atom is -0.493 e. The molecule has 1 heterocycles. The van der Waals surface area contributed by atoms with Crippen LogP contribution in [-0.2, 0) is 5.60 Å². The number of ether oxygens (including phenoxy) is 1. The van der Waals surface area contributed by atoms with Crippen LogP contribution in [0.2, 0.25) is 0 Å². The second-order valence-corrected chi connectivity index (χ2v) is 6.16. The normalized spacial score (nSPS) is 20.2. The number of hydrogen-bond donors (Lipinski definition) is 1. The molecule has 2 aromatic carbocycles. The van der Waals surface area contributed by atoms with E-state index in [1.54, 1.807) is 0 Å². The topological polar surface area (TPSA) is 29.5 Å². The number of para-hydroxylation sites is 1. The molecular formula is C19H22O2. The quantitative estimate of drug-likeness (QED) is 0.916. The Hall–Kier alpha value is -1.80. The van der Waals surface area contributed by atoms with Gasteiger partial charge in [-0.1, -0.05) is 42.5 Å². The Balaban J connectivity index is 1.89. The van der Waals surface area contributed by atoms with Gasteiger partial charge < -0.3 is 9.84 Å². The van der Waals surface area contributed by atoms with Gasteiger partial charge in [0.05, 0.1) is 12.2 Å². The van der Waals surface area contributed by atoms with Gasteiger partial charge in [0.2, 0.25) is 0 Å². The number of aryl methyl sites for hydroxylation is 1. The summed E-state index contributed by atoms with van der Waals surface area (Å²) in [5.41, 5.74) is 2.56. The molecule has 2 unspecified atom stereocenters. The first kappa shape index (κ1) is 14.2. The lowest BCUT2D eigenvalue weighted by molar-refractivity contribution is 0.0347. The monoisotopic (exact) mass is 282 g/mol. The smallest absolute Gasteiger partial charge is 0.122 e. The van der Waals surface area contributed by atoms with Crippen LogP contribution in [0, 0.1) is 6.92 Å². The average molecular weight is 282 g/mol. The predicted octanol–water partition coefficient (Wildman–Crippen LogP) is 4.16. The molecule has 1 aliphatic rings. The minimum absolute atomic E-state index is 0.338. The van der Waals surface area contributed by atoms with Crippen LogP contribution in [0.5, 0.6) is 5.75 Å². The van der Waals surface area contributed by atoms with Gasteiger partial charge in [0.25, 0.3) is 0 Å². The molecule has 21 heavy (non-hydrogen) atoms. The number of hydrogen-bond acceptors (Lipinski definition) is 2. The highest BCUT2D eigenvalue weighted by Gasteiger charge is 2.32. The fourth-order valence-electron chi connectivity index (χ4n) is 3.39. The maximum Gasteiger partial charge on any atom is 0.122 e. The Bertz CT molecular complexity index is 631. The van der Waals surface area contributed by atoms with E-state index in [9.17, 15) is 5.11 Å². The van der Waals surface area contributed by atoms with Gasteiger partial charge in [0.1, 0.15) is 5.75 Å². The number of aliphatic hydroxyl groups is 1. The third-order valence-corrected chi connectivity index (χ3v) is 4.45. The summed E-state index contributed by atoms with van der Waals surface area (Å²) < 4.78 is 5.72. The molecule has 0 saturated carbocycles. The second kappa shape index (κ2) is 5.53. The van der Waals surface area contributed by atoms with Gasteiger partial charge in [0.15, 0.2) is 0 Å². The summed E-state index contributed by atoms with van der Waals surface area (Å²) in [4.78, 5) is 0. The second-order valence-electron chi connectivity index (χ2n) is 6.16. The Morgan fingerprint density at radius 1 is 1.14 bits per heavy atom. The molecular weight excluding hydrogens is 260 g/mol. The van der Waals surface area contributed by atoms with Crippen LogP contribution in [0.15, 0.2) is 48.5 Å². The molecule has 2 aromatic rings.